The number of aromatic nitrogens is 3. The fourth-order valence-electron chi connectivity index (χ4n) is 2.76. The van der Waals surface area contributed by atoms with Crippen LogP contribution in [0, 0.1) is 0 Å². The summed E-state index contributed by atoms with van der Waals surface area (Å²) in [5, 5.41) is 6.65. The highest BCUT2D eigenvalue weighted by Gasteiger charge is 2.35. The summed E-state index contributed by atoms with van der Waals surface area (Å²) in [6, 6.07) is 11.1. The van der Waals surface area contributed by atoms with Crippen molar-refractivity contribution in [3.63, 3.8) is 0 Å². The van der Waals surface area contributed by atoms with Crippen molar-refractivity contribution in [2.24, 2.45) is 0 Å². The van der Waals surface area contributed by atoms with Gasteiger partial charge >= 0.3 is 11.3 Å². The quantitative estimate of drug-likeness (QED) is 0.560. The van der Waals surface area contributed by atoms with Crippen LogP contribution in [0.2, 0.25) is 0 Å². The highest BCUT2D eigenvalue weighted by Crippen LogP contribution is 2.32. The van der Waals surface area contributed by atoms with E-state index in [9.17, 15) is 8.78 Å². The zero-order valence-electron chi connectivity index (χ0n) is 14.6. The minimum absolute atomic E-state index is 0.0690. The molecular formula is C19H16ClF2N5O. The lowest BCUT2D eigenvalue weighted by Gasteiger charge is -2.26. The molecule has 9 heteroatoms. The molecule has 2 aromatic heterocycles. The zero-order valence-corrected chi connectivity index (χ0v) is 15.4. The Kier molecular flexibility index (Phi) is 4.95. The van der Waals surface area contributed by atoms with E-state index in [1.807, 2.05) is 24.3 Å². The number of anilines is 1. The topological polar surface area (TPSA) is 75.9 Å². The summed E-state index contributed by atoms with van der Waals surface area (Å²) in [6.07, 6.45) is 5.49. The van der Waals surface area contributed by atoms with Crippen LogP contribution in [0.4, 0.5) is 14.5 Å². The molecule has 1 aliphatic rings. The molecule has 0 aliphatic heterocycles. The second-order valence-electron chi connectivity index (χ2n) is 6.30. The third kappa shape index (κ3) is 4.12. The molecule has 144 valence electrons. The number of hydrogen-bond donors (Lipinski definition) is 2. The molecule has 0 bridgehead atoms. The van der Waals surface area contributed by atoms with Crippen molar-refractivity contribution < 1.29 is 13.3 Å². The molecule has 0 spiro atoms. The first kappa shape index (κ1) is 18.4. The summed E-state index contributed by atoms with van der Waals surface area (Å²) in [4.78, 5) is 7.72. The van der Waals surface area contributed by atoms with Gasteiger partial charge in [-0.05, 0) is 42.1 Å². The molecule has 1 aromatic carbocycles. The number of hydrogen-bond acceptors (Lipinski definition) is 6. The molecule has 0 unspecified atom stereocenters. The first-order valence-electron chi connectivity index (χ1n) is 8.62. The maximum absolute atomic E-state index is 13.0. The number of nitrogens with one attached hydrogen (secondary N) is 2. The summed E-state index contributed by atoms with van der Waals surface area (Å²) >= 11 is 4.89. The van der Waals surface area contributed by atoms with Gasteiger partial charge in [0.1, 0.15) is 0 Å². The van der Waals surface area contributed by atoms with Gasteiger partial charge in [0.2, 0.25) is 5.82 Å². The number of rotatable bonds is 7. The Hall–Kier alpha value is -3.00. The van der Waals surface area contributed by atoms with Crippen LogP contribution in [0.5, 0.6) is 0 Å². The summed E-state index contributed by atoms with van der Waals surface area (Å²) < 4.78 is 30.5. The summed E-state index contributed by atoms with van der Waals surface area (Å²) in [6.45, 7) is 0.644. The van der Waals surface area contributed by atoms with E-state index < -0.39 is 11.3 Å². The lowest BCUT2D eigenvalue weighted by molar-refractivity contribution is 0.0551. The van der Waals surface area contributed by atoms with Gasteiger partial charge in [-0.3, -0.25) is 4.98 Å². The standard InChI is InChI=1S/C19H16ClF2N5O/c20-19(21,22)18-26-17(27-28-18)13-5-3-12(4-6-13)10-24-15-7-8-16(15)25-14-2-1-9-23-11-14/h1-6,9,11,24-25H,7-8,10H2. The van der Waals surface area contributed by atoms with Crippen LogP contribution in [-0.2, 0) is 11.9 Å². The highest BCUT2D eigenvalue weighted by atomic mass is 35.5. The van der Waals surface area contributed by atoms with Gasteiger partial charge in [0.25, 0.3) is 0 Å². The van der Waals surface area contributed by atoms with Gasteiger partial charge in [-0.25, -0.2) is 0 Å². The van der Waals surface area contributed by atoms with Crippen molar-refractivity contribution in [3.8, 4) is 11.4 Å². The van der Waals surface area contributed by atoms with Crippen LogP contribution in [0.3, 0.4) is 0 Å². The number of benzene rings is 1. The van der Waals surface area contributed by atoms with Gasteiger partial charge in [-0.1, -0.05) is 29.4 Å². The predicted octanol–water partition coefficient (Wildman–Crippen LogP) is 4.63. The molecular weight excluding hydrogens is 388 g/mol. The smallest absolute Gasteiger partial charge is 0.383 e. The maximum atomic E-state index is 13.0. The maximum Gasteiger partial charge on any atom is 0.400 e. The van der Waals surface area contributed by atoms with Crippen molar-refractivity contribution in [1.82, 2.24) is 20.4 Å². The van der Waals surface area contributed by atoms with Crippen LogP contribution < -0.4 is 10.6 Å². The molecule has 0 amide bonds. The van der Waals surface area contributed by atoms with Crippen molar-refractivity contribution >= 4 is 17.3 Å². The fourth-order valence-corrected chi connectivity index (χ4v) is 2.83. The van der Waals surface area contributed by atoms with Crippen molar-refractivity contribution in [1.29, 1.82) is 0 Å². The summed E-state index contributed by atoms with van der Waals surface area (Å²) in [7, 11) is 0. The second kappa shape index (κ2) is 7.55. The van der Waals surface area contributed by atoms with Gasteiger partial charge in [0, 0.05) is 29.7 Å². The van der Waals surface area contributed by atoms with Crippen LogP contribution in [0.15, 0.2) is 64.7 Å². The number of alkyl halides is 3. The average molecular weight is 404 g/mol. The fraction of sp³-hybridized carbons (Fsp3) is 0.211. The Morgan fingerprint density at radius 1 is 1.11 bits per heavy atom. The molecule has 0 radical (unpaired) electrons. The Morgan fingerprint density at radius 3 is 2.50 bits per heavy atom. The monoisotopic (exact) mass is 403 g/mol. The number of pyridine rings is 1. The van der Waals surface area contributed by atoms with Gasteiger partial charge in [0.05, 0.1) is 11.9 Å². The van der Waals surface area contributed by atoms with E-state index >= 15 is 0 Å². The van der Waals surface area contributed by atoms with E-state index in [-0.39, 0.29) is 5.82 Å². The molecule has 0 atom stereocenters. The second-order valence-corrected chi connectivity index (χ2v) is 6.77. The number of halogens is 3. The van der Waals surface area contributed by atoms with Crippen LogP contribution in [0.25, 0.3) is 11.4 Å². The molecule has 0 saturated heterocycles. The minimum Gasteiger partial charge on any atom is -0.383 e. The van der Waals surface area contributed by atoms with Crippen molar-refractivity contribution in [3.05, 3.63) is 71.6 Å². The lowest BCUT2D eigenvalue weighted by Crippen LogP contribution is -2.24. The van der Waals surface area contributed by atoms with E-state index in [1.54, 1.807) is 24.5 Å². The Morgan fingerprint density at radius 2 is 1.89 bits per heavy atom. The normalized spacial score (nSPS) is 14.0. The van der Waals surface area contributed by atoms with Gasteiger partial charge in [-0.2, -0.15) is 13.8 Å². The van der Waals surface area contributed by atoms with E-state index in [0.717, 1.165) is 29.8 Å². The molecule has 1 aliphatic carbocycles. The van der Waals surface area contributed by atoms with E-state index in [2.05, 4.69) is 30.3 Å². The van der Waals surface area contributed by atoms with Crippen molar-refractivity contribution in [2.75, 3.05) is 5.32 Å². The molecule has 2 N–H and O–H groups in total. The summed E-state index contributed by atoms with van der Waals surface area (Å²) in [5.41, 5.74) is 4.89. The van der Waals surface area contributed by atoms with Gasteiger partial charge in [0.15, 0.2) is 0 Å². The molecule has 2 heterocycles. The minimum atomic E-state index is -3.67. The molecule has 0 fully saturated rings. The zero-order chi connectivity index (χ0) is 19.6. The van der Waals surface area contributed by atoms with Crippen LogP contribution in [-0.4, -0.2) is 15.1 Å². The molecule has 6 nitrogen and oxygen atoms in total. The Bertz CT molecular complexity index is 984. The molecule has 4 rings (SSSR count). The third-order valence-corrected chi connectivity index (χ3v) is 4.49. The molecule has 3 aromatic rings. The predicted molar refractivity (Wildman–Crippen MR) is 100 cm³/mol. The van der Waals surface area contributed by atoms with E-state index in [1.165, 1.54) is 5.70 Å². The summed E-state index contributed by atoms with van der Waals surface area (Å²) in [5.74, 6) is -0.847. The van der Waals surface area contributed by atoms with E-state index in [0.29, 0.717) is 12.1 Å². The largest absolute Gasteiger partial charge is 0.400 e. The highest BCUT2D eigenvalue weighted by molar-refractivity contribution is 6.21. The lowest BCUT2D eigenvalue weighted by atomic mass is 10.00. The Labute approximate surface area is 164 Å². The SMILES string of the molecule is FC(F)(Cl)c1nc(-c2ccc(CNC3=C(Nc4cccnc4)CC3)cc2)no1. The molecule has 28 heavy (non-hydrogen) atoms. The Balaban J connectivity index is 1.37. The average Bonchev–Trinajstić information content (AvgIpc) is 3.17. The van der Waals surface area contributed by atoms with Crippen LogP contribution in [0.1, 0.15) is 24.3 Å². The number of allylic oxidation sites excluding steroid dienone is 2. The van der Waals surface area contributed by atoms with Gasteiger partial charge in [-0.15, -0.1) is 0 Å². The van der Waals surface area contributed by atoms with Gasteiger partial charge < -0.3 is 15.2 Å². The number of nitrogens with zero attached hydrogens (tertiary/aromatic N) is 3. The third-order valence-electron chi connectivity index (χ3n) is 4.33. The first-order chi connectivity index (χ1) is 13.5. The molecule has 0 saturated carbocycles. The first-order valence-corrected chi connectivity index (χ1v) is 9.00. The van der Waals surface area contributed by atoms with Crippen molar-refractivity contribution in [2.45, 2.75) is 24.8 Å². The van der Waals surface area contributed by atoms with Crippen LogP contribution >= 0.6 is 11.6 Å². The van der Waals surface area contributed by atoms with E-state index in [4.69, 9.17) is 11.6 Å².